The van der Waals surface area contributed by atoms with Crippen LogP contribution in [-0.2, 0) is 9.53 Å². The zero-order valence-corrected chi connectivity index (χ0v) is 15.4. The number of aromatic amines is 1. The first-order valence-corrected chi connectivity index (χ1v) is 8.51. The molecule has 6 nitrogen and oxygen atoms in total. The van der Waals surface area contributed by atoms with E-state index in [0.29, 0.717) is 16.9 Å². The summed E-state index contributed by atoms with van der Waals surface area (Å²) in [6.07, 6.45) is 0. The summed E-state index contributed by atoms with van der Waals surface area (Å²) in [7, 11) is 0. The van der Waals surface area contributed by atoms with Gasteiger partial charge in [0.05, 0.1) is 0 Å². The number of hydrogen-bond acceptors (Lipinski definition) is 4. The molecule has 0 saturated carbocycles. The van der Waals surface area contributed by atoms with Crippen LogP contribution in [0.1, 0.15) is 38.9 Å². The lowest BCUT2D eigenvalue weighted by atomic mass is 10.1. The van der Waals surface area contributed by atoms with Crippen molar-refractivity contribution >= 4 is 34.3 Å². The molecule has 0 spiro atoms. The third-order valence-corrected chi connectivity index (χ3v) is 4.17. The molecular weight excluding hydrogens is 344 g/mol. The number of Topliss-reactive ketones (excluding diaryl/α,β-unsaturated/α-hetero) is 1. The number of aromatic nitrogens is 1. The summed E-state index contributed by atoms with van der Waals surface area (Å²) in [6, 6.07) is 12.1. The van der Waals surface area contributed by atoms with Crippen molar-refractivity contribution in [2.45, 2.75) is 20.8 Å². The normalized spacial score (nSPS) is 10.6. The van der Waals surface area contributed by atoms with Crippen molar-refractivity contribution in [3.63, 3.8) is 0 Å². The largest absolute Gasteiger partial charge is 0.453 e. The molecule has 138 valence electrons. The van der Waals surface area contributed by atoms with E-state index in [0.717, 1.165) is 22.0 Å². The van der Waals surface area contributed by atoms with Gasteiger partial charge >= 0.3 is 5.97 Å². The van der Waals surface area contributed by atoms with E-state index in [2.05, 4.69) is 10.3 Å². The van der Waals surface area contributed by atoms with Gasteiger partial charge in [-0.3, -0.25) is 9.59 Å². The molecule has 3 rings (SSSR count). The van der Waals surface area contributed by atoms with Crippen LogP contribution in [0.3, 0.4) is 0 Å². The number of rotatable bonds is 5. The van der Waals surface area contributed by atoms with Gasteiger partial charge in [-0.1, -0.05) is 6.07 Å². The highest BCUT2D eigenvalue weighted by Crippen LogP contribution is 2.22. The summed E-state index contributed by atoms with van der Waals surface area (Å²) in [4.78, 5) is 38.5. The van der Waals surface area contributed by atoms with Gasteiger partial charge < -0.3 is 15.0 Å². The number of carbonyl (C=O) groups excluding carboxylic acids is 3. The average molecular weight is 364 g/mol. The van der Waals surface area contributed by atoms with Gasteiger partial charge in [0.15, 0.2) is 12.4 Å². The lowest BCUT2D eigenvalue weighted by molar-refractivity contribution is -0.114. The van der Waals surface area contributed by atoms with Crippen LogP contribution in [0.15, 0.2) is 42.5 Å². The lowest BCUT2D eigenvalue weighted by Crippen LogP contribution is -2.14. The first kappa shape index (κ1) is 18.4. The predicted octanol–water partition coefficient (Wildman–Crippen LogP) is 3.78. The number of fused-ring (bicyclic) bond motifs is 1. The summed E-state index contributed by atoms with van der Waals surface area (Å²) in [5, 5.41) is 3.58. The van der Waals surface area contributed by atoms with Gasteiger partial charge in [0.1, 0.15) is 5.69 Å². The molecular formula is C21H20N2O4. The maximum atomic E-state index is 12.3. The average Bonchev–Trinajstić information content (AvgIpc) is 3.04. The molecule has 0 aliphatic rings. The van der Waals surface area contributed by atoms with Gasteiger partial charge in [-0.15, -0.1) is 0 Å². The monoisotopic (exact) mass is 364 g/mol. The van der Waals surface area contributed by atoms with Crippen molar-refractivity contribution in [3.8, 4) is 0 Å². The van der Waals surface area contributed by atoms with Crippen molar-refractivity contribution in [3.05, 3.63) is 64.8 Å². The van der Waals surface area contributed by atoms with Crippen molar-refractivity contribution < 1.29 is 19.1 Å². The van der Waals surface area contributed by atoms with Crippen LogP contribution in [0.5, 0.6) is 0 Å². The highest BCUT2D eigenvalue weighted by Gasteiger charge is 2.15. The Bertz CT molecular complexity index is 1030. The fourth-order valence-corrected chi connectivity index (χ4v) is 2.94. The minimum absolute atomic E-state index is 0.188. The molecule has 1 heterocycles. The number of carbonyl (C=O) groups is 3. The lowest BCUT2D eigenvalue weighted by Gasteiger charge is -2.05. The van der Waals surface area contributed by atoms with E-state index in [1.54, 1.807) is 30.3 Å². The van der Waals surface area contributed by atoms with Crippen molar-refractivity contribution in [2.75, 3.05) is 11.9 Å². The van der Waals surface area contributed by atoms with Crippen LogP contribution in [0.2, 0.25) is 0 Å². The predicted molar refractivity (Wildman–Crippen MR) is 103 cm³/mol. The second-order valence-corrected chi connectivity index (χ2v) is 6.48. The Labute approximate surface area is 156 Å². The summed E-state index contributed by atoms with van der Waals surface area (Å²) in [5.74, 6) is -1.08. The van der Waals surface area contributed by atoms with E-state index < -0.39 is 5.97 Å². The van der Waals surface area contributed by atoms with E-state index in [1.807, 2.05) is 26.0 Å². The molecule has 0 aliphatic carbocycles. The molecule has 2 aromatic carbocycles. The standard InChI is InChI=1S/C21H20N2O4/c1-12-8-13(2)17-10-19(23-18(17)9-12)21(26)27-11-20(25)15-4-6-16(7-5-15)22-14(3)24/h4-10,23H,11H2,1-3H3,(H,22,24). The molecule has 0 unspecified atom stereocenters. The highest BCUT2D eigenvalue weighted by atomic mass is 16.5. The third kappa shape index (κ3) is 4.23. The fraction of sp³-hybridized carbons (Fsp3) is 0.190. The van der Waals surface area contributed by atoms with Gasteiger partial charge in [-0.25, -0.2) is 4.79 Å². The zero-order chi connectivity index (χ0) is 19.6. The second kappa shape index (κ2) is 7.45. The Morgan fingerprint density at radius 1 is 1.04 bits per heavy atom. The molecule has 27 heavy (non-hydrogen) atoms. The molecule has 0 atom stereocenters. The number of aryl methyl sites for hydroxylation is 2. The fourth-order valence-electron chi connectivity index (χ4n) is 2.94. The zero-order valence-electron chi connectivity index (χ0n) is 15.4. The Morgan fingerprint density at radius 3 is 2.41 bits per heavy atom. The van der Waals surface area contributed by atoms with Crippen LogP contribution in [0.25, 0.3) is 10.9 Å². The van der Waals surface area contributed by atoms with Crippen molar-refractivity contribution in [1.29, 1.82) is 0 Å². The molecule has 1 amide bonds. The number of anilines is 1. The maximum absolute atomic E-state index is 12.3. The van der Waals surface area contributed by atoms with E-state index in [-0.39, 0.29) is 18.3 Å². The van der Waals surface area contributed by atoms with Crippen molar-refractivity contribution in [1.82, 2.24) is 4.98 Å². The van der Waals surface area contributed by atoms with Crippen LogP contribution in [0.4, 0.5) is 5.69 Å². The molecule has 0 radical (unpaired) electrons. The Hall–Kier alpha value is -3.41. The molecule has 1 aromatic heterocycles. The number of hydrogen-bond donors (Lipinski definition) is 2. The Balaban J connectivity index is 1.65. The molecule has 0 bridgehead atoms. The van der Waals surface area contributed by atoms with E-state index in [9.17, 15) is 14.4 Å². The Morgan fingerprint density at radius 2 is 1.74 bits per heavy atom. The van der Waals surface area contributed by atoms with E-state index >= 15 is 0 Å². The Kier molecular flexibility index (Phi) is 5.07. The minimum atomic E-state index is -0.577. The van der Waals surface area contributed by atoms with Gasteiger partial charge in [0, 0.05) is 29.1 Å². The number of H-pyrrole nitrogens is 1. The summed E-state index contributed by atoms with van der Waals surface area (Å²) in [5.41, 5.74) is 4.34. The topological polar surface area (TPSA) is 88.3 Å². The second-order valence-electron chi connectivity index (χ2n) is 6.48. The van der Waals surface area contributed by atoms with Gasteiger partial charge in [-0.05, 0) is 61.4 Å². The van der Waals surface area contributed by atoms with Gasteiger partial charge in [-0.2, -0.15) is 0 Å². The first-order chi connectivity index (χ1) is 12.8. The van der Waals surface area contributed by atoms with Crippen molar-refractivity contribution in [2.24, 2.45) is 0 Å². The minimum Gasteiger partial charge on any atom is -0.453 e. The van der Waals surface area contributed by atoms with Crippen LogP contribution < -0.4 is 5.32 Å². The van der Waals surface area contributed by atoms with E-state index in [4.69, 9.17) is 4.74 Å². The smallest absolute Gasteiger partial charge is 0.355 e. The highest BCUT2D eigenvalue weighted by molar-refractivity contribution is 6.01. The number of ether oxygens (including phenoxy) is 1. The van der Waals surface area contributed by atoms with Crippen LogP contribution in [0, 0.1) is 13.8 Å². The van der Waals surface area contributed by atoms with Crippen LogP contribution >= 0.6 is 0 Å². The molecule has 0 aliphatic heterocycles. The molecule has 6 heteroatoms. The summed E-state index contributed by atoms with van der Waals surface area (Å²) >= 11 is 0. The number of nitrogens with one attached hydrogen (secondary N) is 2. The molecule has 2 N–H and O–H groups in total. The number of esters is 1. The van der Waals surface area contributed by atoms with Gasteiger partial charge in [0.25, 0.3) is 0 Å². The molecule has 3 aromatic rings. The number of benzene rings is 2. The SMILES string of the molecule is CC(=O)Nc1ccc(C(=O)COC(=O)c2cc3c(C)cc(C)cc3[nH]2)cc1. The quantitative estimate of drug-likeness (QED) is 0.533. The summed E-state index contributed by atoms with van der Waals surface area (Å²) in [6.45, 7) is 5.02. The summed E-state index contributed by atoms with van der Waals surface area (Å²) < 4.78 is 5.15. The number of ketones is 1. The first-order valence-electron chi connectivity index (χ1n) is 8.51. The van der Waals surface area contributed by atoms with Crippen LogP contribution in [-0.4, -0.2) is 29.3 Å². The molecule has 0 fully saturated rings. The third-order valence-electron chi connectivity index (χ3n) is 4.17. The van der Waals surface area contributed by atoms with E-state index in [1.165, 1.54) is 6.92 Å². The molecule has 0 saturated heterocycles. The van der Waals surface area contributed by atoms with Gasteiger partial charge in [0.2, 0.25) is 5.91 Å². The maximum Gasteiger partial charge on any atom is 0.355 e. The number of amides is 1.